The smallest absolute Gasteiger partial charge is 0.219 e. The van der Waals surface area contributed by atoms with E-state index < -0.39 is 0 Å². The maximum atomic E-state index is 12.2. The number of anilines is 1. The summed E-state index contributed by atoms with van der Waals surface area (Å²) in [6.45, 7) is 7.29. The minimum atomic E-state index is -0.219. The Labute approximate surface area is 208 Å². The van der Waals surface area contributed by atoms with E-state index in [4.69, 9.17) is 0 Å². The Morgan fingerprint density at radius 2 is 1.74 bits per heavy atom. The number of amides is 1. The van der Waals surface area contributed by atoms with Crippen LogP contribution in [0.1, 0.15) is 70.3 Å². The van der Waals surface area contributed by atoms with Crippen LogP contribution in [0.5, 0.6) is 0 Å². The Bertz CT molecular complexity index is 1100. The highest BCUT2D eigenvalue weighted by Crippen LogP contribution is 2.63. The predicted molar refractivity (Wildman–Crippen MR) is 137 cm³/mol. The molecule has 1 aliphatic heterocycles. The fourth-order valence-corrected chi connectivity index (χ4v) is 8.13. The minimum Gasteiger partial charge on any atom is -0.393 e. The van der Waals surface area contributed by atoms with Crippen molar-refractivity contribution in [3.05, 3.63) is 52.6 Å². The summed E-state index contributed by atoms with van der Waals surface area (Å²) in [6, 6.07) is 9.11. The molecule has 1 saturated heterocycles. The maximum Gasteiger partial charge on any atom is 0.219 e. The first-order valence-corrected chi connectivity index (χ1v) is 13.6. The van der Waals surface area contributed by atoms with Crippen molar-refractivity contribution in [2.75, 3.05) is 31.1 Å². The monoisotopic (exact) mass is 474 g/mol. The van der Waals surface area contributed by atoms with Gasteiger partial charge in [-0.3, -0.25) is 9.59 Å². The van der Waals surface area contributed by atoms with Crippen LogP contribution < -0.4 is 4.90 Å². The second-order valence-electron chi connectivity index (χ2n) is 11.8. The standard InChI is InChI=1S/C30H38N2O3/c1-19(33)31-13-15-32(16-14-31)22-6-3-20(4-7-22)26-18-30(2)27(11-12-28(30)35)25-9-5-21-17-23(34)8-10-24(21)29(25)26/h3-4,6-7,17,25-28,35H,5,8-16,18H2,1-2H3/t25-,26+,27-,28-,30-/m0/s1. The number of aliphatic hydroxyl groups is 1. The lowest BCUT2D eigenvalue weighted by molar-refractivity contribution is -0.129. The van der Waals surface area contributed by atoms with Gasteiger partial charge in [-0.2, -0.15) is 0 Å². The number of ketones is 1. The minimum absolute atomic E-state index is 0.0349. The van der Waals surface area contributed by atoms with E-state index in [-0.39, 0.29) is 23.2 Å². The van der Waals surface area contributed by atoms with Crippen LogP contribution in [0.2, 0.25) is 0 Å². The number of piperazine rings is 1. The first-order valence-electron chi connectivity index (χ1n) is 13.6. The lowest BCUT2D eigenvalue weighted by Gasteiger charge is -2.52. The summed E-state index contributed by atoms with van der Waals surface area (Å²) in [5.74, 6) is 1.82. The van der Waals surface area contributed by atoms with E-state index in [1.807, 2.05) is 11.0 Å². The molecule has 0 unspecified atom stereocenters. The quantitative estimate of drug-likeness (QED) is 0.680. The van der Waals surface area contributed by atoms with Crippen molar-refractivity contribution in [2.45, 2.75) is 70.8 Å². The van der Waals surface area contributed by atoms with Gasteiger partial charge in [-0.1, -0.05) is 24.6 Å². The van der Waals surface area contributed by atoms with Crippen molar-refractivity contribution < 1.29 is 14.7 Å². The Hall–Kier alpha value is -2.40. The van der Waals surface area contributed by atoms with Gasteiger partial charge >= 0.3 is 0 Å². The van der Waals surface area contributed by atoms with Crippen molar-refractivity contribution >= 4 is 17.4 Å². The molecule has 5 atom stereocenters. The highest BCUT2D eigenvalue weighted by Gasteiger charge is 2.56. The highest BCUT2D eigenvalue weighted by molar-refractivity contribution is 5.93. The average Bonchev–Trinajstić information content (AvgIpc) is 3.17. The van der Waals surface area contributed by atoms with Gasteiger partial charge in [0.15, 0.2) is 5.78 Å². The molecule has 0 spiro atoms. The normalized spacial score (nSPS) is 34.8. The van der Waals surface area contributed by atoms with Gasteiger partial charge < -0.3 is 14.9 Å². The lowest BCUT2D eigenvalue weighted by atomic mass is 9.53. The Morgan fingerprint density at radius 1 is 1.00 bits per heavy atom. The third-order valence-electron chi connectivity index (χ3n) is 10.1. The molecule has 4 aliphatic carbocycles. The van der Waals surface area contributed by atoms with Crippen molar-refractivity contribution in [3.63, 3.8) is 0 Å². The van der Waals surface area contributed by atoms with Crippen molar-refractivity contribution in [3.8, 4) is 0 Å². The van der Waals surface area contributed by atoms with Gasteiger partial charge in [-0.15, -0.1) is 0 Å². The first kappa shape index (κ1) is 23.0. The molecule has 2 saturated carbocycles. The number of hydrogen-bond donors (Lipinski definition) is 1. The van der Waals surface area contributed by atoms with E-state index in [0.29, 0.717) is 24.2 Å². The first-order chi connectivity index (χ1) is 16.8. The van der Waals surface area contributed by atoms with Gasteiger partial charge in [0.25, 0.3) is 0 Å². The van der Waals surface area contributed by atoms with Gasteiger partial charge in [-0.25, -0.2) is 0 Å². The van der Waals surface area contributed by atoms with Crippen molar-refractivity contribution in [1.29, 1.82) is 0 Å². The molecule has 3 fully saturated rings. The third kappa shape index (κ3) is 3.78. The average molecular weight is 475 g/mol. The SMILES string of the molecule is CC(=O)N1CCN(c2ccc([C@H]3C[C@]4(C)[C@@H](O)CC[C@H]4[C@@H]4CCC5=CC(=O)CCC5=C43)cc2)CC1. The van der Waals surface area contributed by atoms with Crippen LogP contribution in [-0.2, 0) is 9.59 Å². The predicted octanol–water partition coefficient (Wildman–Crippen LogP) is 4.62. The van der Waals surface area contributed by atoms with E-state index in [9.17, 15) is 14.7 Å². The molecule has 1 aromatic carbocycles. The molecule has 1 aromatic rings. The van der Waals surface area contributed by atoms with Gasteiger partial charge in [0.2, 0.25) is 5.91 Å². The van der Waals surface area contributed by atoms with Crippen LogP contribution in [0, 0.1) is 17.3 Å². The molecule has 1 heterocycles. The molecule has 5 nitrogen and oxygen atoms in total. The molecule has 0 radical (unpaired) electrons. The summed E-state index contributed by atoms with van der Waals surface area (Å²) in [4.78, 5) is 28.2. The van der Waals surface area contributed by atoms with E-state index >= 15 is 0 Å². The number of fused-ring (bicyclic) bond motifs is 4. The van der Waals surface area contributed by atoms with Crippen LogP contribution >= 0.6 is 0 Å². The number of carbonyl (C=O) groups excluding carboxylic acids is 2. The van der Waals surface area contributed by atoms with Crippen LogP contribution in [0.25, 0.3) is 0 Å². The number of carbonyl (C=O) groups is 2. The molecular formula is C30H38N2O3. The number of aliphatic hydroxyl groups excluding tert-OH is 1. The van der Waals surface area contributed by atoms with E-state index in [1.165, 1.54) is 22.4 Å². The number of benzene rings is 1. The third-order valence-corrected chi connectivity index (χ3v) is 10.1. The molecule has 35 heavy (non-hydrogen) atoms. The summed E-state index contributed by atoms with van der Waals surface area (Å²) in [7, 11) is 0. The Balaban J connectivity index is 1.34. The molecule has 1 amide bonds. The molecule has 186 valence electrons. The molecule has 0 bridgehead atoms. The van der Waals surface area contributed by atoms with Crippen LogP contribution in [-0.4, -0.2) is 54.0 Å². The number of nitrogens with zero attached hydrogens (tertiary/aromatic N) is 2. The summed E-state index contributed by atoms with van der Waals surface area (Å²) < 4.78 is 0. The zero-order valence-electron chi connectivity index (χ0n) is 21.1. The second kappa shape index (κ2) is 8.62. The Kier molecular flexibility index (Phi) is 5.67. The lowest BCUT2D eigenvalue weighted by Crippen LogP contribution is -2.48. The number of allylic oxidation sites excluding steroid dienone is 4. The molecular weight excluding hydrogens is 436 g/mol. The van der Waals surface area contributed by atoms with Gasteiger partial charge in [0.1, 0.15) is 0 Å². The molecule has 5 aliphatic rings. The summed E-state index contributed by atoms with van der Waals surface area (Å²) in [6.07, 6.45) is 8.38. The molecule has 6 rings (SSSR count). The summed E-state index contributed by atoms with van der Waals surface area (Å²) in [5.41, 5.74) is 6.89. The van der Waals surface area contributed by atoms with Gasteiger partial charge in [0.05, 0.1) is 6.10 Å². The fourth-order valence-electron chi connectivity index (χ4n) is 8.13. The van der Waals surface area contributed by atoms with Crippen LogP contribution in [0.3, 0.4) is 0 Å². The maximum absolute atomic E-state index is 12.2. The molecule has 5 heteroatoms. The van der Waals surface area contributed by atoms with Crippen LogP contribution in [0.4, 0.5) is 5.69 Å². The summed E-state index contributed by atoms with van der Waals surface area (Å²) in [5, 5.41) is 11.1. The molecule has 1 N–H and O–H groups in total. The molecule has 0 aromatic heterocycles. The Morgan fingerprint density at radius 3 is 2.46 bits per heavy atom. The van der Waals surface area contributed by atoms with Gasteiger partial charge in [0, 0.05) is 51.1 Å². The number of rotatable bonds is 2. The second-order valence-corrected chi connectivity index (χ2v) is 11.8. The topological polar surface area (TPSA) is 60.9 Å². The fraction of sp³-hybridized carbons (Fsp3) is 0.600. The van der Waals surface area contributed by atoms with E-state index in [2.05, 4.69) is 36.1 Å². The number of hydrogen-bond acceptors (Lipinski definition) is 4. The van der Waals surface area contributed by atoms with E-state index in [0.717, 1.165) is 64.7 Å². The van der Waals surface area contributed by atoms with Crippen molar-refractivity contribution in [2.24, 2.45) is 17.3 Å². The highest BCUT2D eigenvalue weighted by atomic mass is 16.3. The zero-order chi connectivity index (χ0) is 24.3. The van der Waals surface area contributed by atoms with Crippen LogP contribution in [0.15, 0.2) is 47.1 Å². The summed E-state index contributed by atoms with van der Waals surface area (Å²) >= 11 is 0. The zero-order valence-corrected chi connectivity index (χ0v) is 21.1. The van der Waals surface area contributed by atoms with E-state index in [1.54, 1.807) is 12.5 Å². The largest absolute Gasteiger partial charge is 0.393 e. The van der Waals surface area contributed by atoms with Gasteiger partial charge in [-0.05, 0) is 90.7 Å². The van der Waals surface area contributed by atoms with Crippen molar-refractivity contribution in [1.82, 2.24) is 4.90 Å².